The third-order valence-electron chi connectivity index (χ3n) is 3.68. The Kier molecular flexibility index (Phi) is 6.33. The van der Waals surface area contributed by atoms with Crippen molar-refractivity contribution in [2.45, 2.75) is 56.1 Å². The molecule has 1 saturated heterocycles. The Hall–Kier alpha value is -0.0700. The van der Waals surface area contributed by atoms with E-state index in [9.17, 15) is 14.1 Å². The zero-order chi connectivity index (χ0) is 14.5. The molecule has 0 bridgehead atoms. The van der Waals surface area contributed by atoms with Gasteiger partial charge in [0.1, 0.15) is 9.68 Å². The quantitative estimate of drug-likeness (QED) is 0.761. The average molecular weight is 308 g/mol. The maximum atomic E-state index is 12.5. The Morgan fingerprint density at radius 1 is 1.47 bits per heavy atom. The third kappa shape index (κ3) is 3.34. The van der Waals surface area contributed by atoms with Gasteiger partial charge < -0.3 is 9.84 Å². The SMILES string of the molecule is CCOC(=O)C[C@](O)(CC)[C@]1(CC)SCCCS1=O. The van der Waals surface area contributed by atoms with Gasteiger partial charge in [0.25, 0.3) is 0 Å². The lowest BCUT2D eigenvalue weighted by molar-refractivity contribution is -0.149. The summed E-state index contributed by atoms with van der Waals surface area (Å²) in [6, 6.07) is 0. The maximum absolute atomic E-state index is 12.5. The summed E-state index contributed by atoms with van der Waals surface area (Å²) in [4.78, 5) is 11.7. The molecule has 1 N–H and O–H groups in total. The summed E-state index contributed by atoms with van der Waals surface area (Å²) in [5.74, 6) is 1.07. The normalized spacial score (nSPS) is 30.6. The van der Waals surface area contributed by atoms with E-state index in [0.29, 0.717) is 25.2 Å². The van der Waals surface area contributed by atoms with Crippen LogP contribution in [0.4, 0.5) is 0 Å². The van der Waals surface area contributed by atoms with Crippen molar-refractivity contribution in [3.05, 3.63) is 0 Å². The molecule has 112 valence electrons. The van der Waals surface area contributed by atoms with Gasteiger partial charge in [-0.05, 0) is 31.9 Å². The molecule has 0 aromatic carbocycles. The first-order valence-corrected chi connectivity index (χ1v) is 9.16. The summed E-state index contributed by atoms with van der Waals surface area (Å²) in [6.45, 7) is 5.81. The summed E-state index contributed by atoms with van der Waals surface area (Å²) in [5.41, 5.74) is -1.26. The second-order valence-electron chi connectivity index (χ2n) is 4.73. The van der Waals surface area contributed by atoms with E-state index in [1.165, 1.54) is 0 Å². The van der Waals surface area contributed by atoms with E-state index in [1.807, 2.05) is 13.8 Å². The molecular weight excluding hydrogens is 284 g/mol. The van der Waals surface area contributed by atoms with Crippen molar-refractivity contribution in [1.29, 1.82) is 0 Å². The fourth-order valence-corrected chi connectivity index (χ4v) is 6.79. The minimum Gasteiger partial charge on any atom is -0.466 e. The molecule has 0 amide bonds. The molecular formula is C13H24O4S2. The van der Waals surface area contributed by atoms with E-state index in [2.05, 4.69) is 0 Å². The number of hydrogen-bond donors (Lipinski definition) is 1. The molecule has 0 aliphatic carbocycles. The number of carbonyl (C=O) groups is 1. The van der Waals surface area contributed by atoms with Crippen LogP contribution in [0.15, 0.2) is 0 Å². The van der Waals surface area contributed by atoms with Gasteiger partial charge in [0.15, 0.2) is 0 Å². The van der Waals surface area contributed by atoms with Crippen molar-refractivity contribution in [3.63, 3.8) is 0 Å². The molecule has 4 nitrogen and oxygen atoms in total. The van der Waals surface area contributed by atoms with Crippen molar-refractivity contribution >= 4 is 28.5 Å². The van der Waals surface area contributed by atoms with Crippen molar-refractivity contribution in [3.8, 4) is 0 Å². The second-order valence-corrected chi connectivity index (χ2v) is 8.17. The van der Waals surface area contributed by atoms with Crippen LogP contribution in [0.2, 0.25) is 0 Å². The minimum absolute atomic E-state index is 0.0794. The predicted octanol–water partition coefficient (Wildman–Crippen LogP) is 2.07. The summed E-state index contributed by atoms with van der Waals surface area (Å²) in [5, 5.41) is 10.9. The first kappa shape index (κ1) is 17.0. The molecule has 0 aromatic rings. The van der Waals surface area contributed by atoms with Gasteiger partial charge in [-0.1, -0.05) is 13.8 Å². The molecule has 1 aliphatic rings. The topological polar surface area (TPSA) is 63.6 Å². The van der Waals surface area contributed by atoms with Gasteiger partial charge >= 0.3 is 5.97 Å². The zero-order valence-corrected chi connectivity index (χ0v) is 13.6. The lowest BCUT2D eigenvalue weighted by Crippen LogP contribution is -2.57. The lowest BCUT2D eigenvalue weighted by atomic mass is 9.90. The molecule has 6 heteroatoms. The highest BCUT2D eigenvalue weighted by Gasteiger charge is 2.55. The first-order valence-electron chi connectivity index (χ1n) is 6.86. The Morgan fingerprint density at radius 2 is 2.16 bits per heavy atom. The highest BCUT2D eigenvalue weighted by molar-refractivity contribution is 8.13. The molecule has 1 unspecified atom stereocenters. The van der Waals surface area contributed by atoms with E-state index in [1.54, 1.807) is 18.7 Å². The number of ether oxygens (including phenoxy) is 1. The summed E-state index contributed by atoms with van der Waals surface area (Å²) < 4.78 is 16.7. The van der Waals surface area contributed by atoms with Gasteiger partial charge in [-0.15, -0.1) is 11.8 Å². The molecule has 3 atom stereocenters. The van der Waals surface area contributed by atoms with Crippen LogP contribution in [0, 0.1) is 0 Å². The highest BCUT2D eigenvalue weighted by atomic mass is 32.2. The van der Waals surface area contributed by atoms with E-state index in [-0.39, 0.29) is 6.42 Å². The number of esters is 1. The number of aliphatic hydroxyl groups is 1. The lowest BCUT2D eigenvalue weighted by Gasteiger charge is -2.46. The van der Waals surface area contributed by atoms with E-state index < -0.39 is 26.4 Å². The van der Waals surface area contributed by atoms with E-state index >= 15 is 0 Å². The largest absolute Gasteiger partial charge is 0.466 e. The zero-order valence-electron chi connectivity index (χ0n) is 11.9. The van der Waals surface area contributed by atoms with Gasteiger partial charge in [0.05, 0.1) is 13.0 Å². The summed E-state index contributed by atoms with van der Waals surface area (Å²) in [7, 11) is -1.12. The van der Waals surface area contributed by atoms with Crippen molar-refractivity contribution < 1.29 is 18.8 Å². The van der Waals surface area contributed by atoms with Crippen molar-refractivity contribution in [2.24, 2.45) is 0 Å². The Morgan fingerprint density at radius 3 is 2.63 bits per heavy atom. The van der Waals surface area contributed by atoms with E-state index in [0.717, 1.165) is 12.2 Å². The fraction of sp³-hybridized carbons (Fsp3) is 0.923. The first-order chi connectivity index (χ1) is 8.95. The molecule has 1 heterocycles. The maximum Gasteiger partial charge on any atom is 0.308 e. The van der Waals surface area contributed by atoms with Crippen LogP contribution in [-0.4, -0.2) is 43.1 Å². The highest BCUT2D eigenvalue weighted by Crippen LogP contribution is 2.48. The van der Waals surface area contributed by atoms with Crippen LogP contribution in [0.3, 0.4) is 0 Å². The van der Waals surface area contributed by atoms with Crippen LogP contribution in [0.25, 0.3) is 0 Å². The standard InChI is InChI=1S/C13H24O4S2/c1-4-12(15,10-11(14)17-6-3)13(5-2)18-8-7-9-19(13)16/h15H,4-10H2,1-3H3/t12-,13-,19?/m1/s1. The molecule has 1 fully saturated rings. The van der Waals surface area contributed by atoms with Crippen molar-refractivity contribution in [1.82, 2.24) is 0 Å². The number of rotatable bonds is 6. The number of thioether (sulfide) groups is 1. The molecule has 0 aromatic heterocycles. The van der Waals surface area contributed by atoms with Crippen LogP contribution in [-0.2, 0) is 20.3 Å². The smallest absolute Gasteiger partial charge is 0.308 e. The third-order valence-corrected chi connectivity index (χ3v) is 8.28. The van der Waals surface area contributed by atoms with Crippen LogP contribution < -0.4 is 0 Å². The number of carbonyl (C=O) groups excluding carboxylic acids is 1. The van der Waals surface area contributed by atoms with Crippen LogP contribution >= 0.6 is 11.8 Å². The van der Waals surface area contributed by atoms with Gasteiger partial charge in [0, 0.05) is 16.6 Å². The molecule has 1 aliphatic heterocycles. The van der Waals surface area contributed by atoms with Crippen LogP contribution in [0.5, 0.6) is 0 Å². The molecule has 0 saturated carbocycles. The second kappa shape index (κ2) is 7.09. The minimum atomic E-state index is -1.26. The van der Waals surface area contributed by atoms with Gasteiger partial charge in [-0.3, -0.25) is 9.00 Å². The van der Waals surface area contributed by atoms with Gasteiger partial charge in [-0.2, -0.15) is 0 Å². The summed E-state index contributed by atoms with van der Waals surface area (Å²) >= 11 is 1.55. The Bertz CT molecular complexity index is 348. The summed E-state index contributed by atoms with van der Waals surface area (Å²) in [6.07, 6.45) is 1.81. The molecule has 19 heavy (non-hydrogen) atoms. The van der Waals surface area contributed by atoms with E-state index in [4.69, 9.17) is 4.74 Å². The van der Waals surface area contributed by atoms with Crippen molar-refractivity contribution in [2.75, 3.05) is 18.1 Å². The fourth-order valence-electron chi connectivity index (χ4n) is 2.58. The molecule has 0 radical (unpaired) electrons. The number of hydrogen-bond acceptors (Lipinski definition) is 5. The predicted molar refractivity (Wildman–Crippen MR) is 79.6 cm³/mol. The van der Waals surface area contributed by atoms with Gasteiger partial charge in [-0.25, -0.2) is 0 Å². The monoisotopic (exact) mass is 308 g/mol. The Balaban J connectivity index is 3.01. The molecule has 1 rings (SSSR count). The van der Waals surface area contributed by atoms with Gasteiger partial charge in [0.2, 0.25) is 0 Å². The average Bonchev–Trinajstić information content (AvgIpc) is 2.39. The molecule has 0 spiro atoms. The van der Waals surface area contributed by atoms with Crippen LogP contribution in [0.1, 0.15) is 46.5 Å². The Labute approximate surface area is 122 Å².